The molecule has 0 spiro atoms. The summed E-state index contributed by atoms with van der Waals surface area (Å²) in [6, 6.07) is 0. The molecule has 8 N–H and O–H groups in total. The molecule has 0 aromatic heterocycles. The van der Waals surface area contributed by atoms with Crippen LogP contribution in [-0.4, -0.2) is 21.9 Å². The molecule has 60 valence electrons. The first-order valence-corrected chi connectivity index (χ1v) is 1.77. The molecule has 0 rings (SSSR count). The van der Waals surface area contributed by atoms with Crippen molar-refractivity contribution in [2.24, 2.45) is 0 Å². The van der Waals surface area contributed by atoms with Gasteiger partial charge in [0.15, 0.2) is 0 Å². The van der Waals surface area contributed by atoms with Crippen LogP contribution in [0.5, 0.6) is 0 Å². The second kappa shape index (κ2) is 27.3. The van der Waals surface area contributed by atoms with Gasteiger partial charge in [0.05, 0.1) is 0 Å². The molecule has 8 heteroatoms. The van der Waals surface area contributed by atoms with Crippen molar-refractivity contribution in [3.05, 3.63) is 0 Å². The number of rotatable bonds is 0. The summed E-state index contributed by atoms with van der Waals surface area (Å²) in [5.74, 6) is 0. The summed E-state index contributed by atoms with van der Waals surface area (Å²) < 4.78 is 29.3. The standard InChI is InChI=1S/3FH.Mn.4H2O/h3*1H;;4*1H2/q;;;+3;;;;/p-3. The van der Waals surface area contributed by atoms with E-state index in [1.165, 1.54) is 0 Å². The Morgan fingerprint density at radius 2 is 0.625 bits per heavy atom. The van der Waals surface area contributed by atoms with Gasteiger partial charge in [0.25, 0.3) is 0 Å². The molecule has 0 heterocycles. The van der Waals surface area contributed by atoms with Crippen molar-refractivity contribution in [1.29, 1.82) is 0 Å². The Bertz CT molecular complexity index is 16.0. The van der Waals surface area contributed by atoms with Crippen molar-refractivity contribution in [2.75, 3.05) is 0 Å². The van der Waals surface area contributed by atoms with Crippen LogP contribution in [0.1, 0.15) is 0 Å². The molecule has 0 aromatic carbocycles. The molecule has 0 aliphatic heterocycles. The topological polar surface area (TPSA) is 126 Å². The predicted octanol–water partition coefficient (Wildman–Crippen LogP) is -2.04. The van der Waals surface area contributed by atoms with E-state index in [1.807, 2.05) is 0 Å². The molecule has 0 aromatic rings. The van der Waals surface area contributed by atoms with Crippen molar-refractivity contribution in [3.63, 3.8) is 0 Å². The van der Waals surface area contributed by atoms with Gasteiger partial charge in [-0.2, -0.15) is 0 Å². The predicted molar refractivity (Wildman–Crippen MR) is 17.8 cm³/mol. The first-order valence-electron chi connectivity index (χ1n) is 0.429. The van der Waals surface area contributed by atoms with Crippen LogP contribution >= 0.6 is 0 Å². The summed E-state index contributed by atoms with van der Waals surface area (Å²) in [6.07, 6.45) is 0. The Morgan fingerprint density at radius 1 is 0.625 bits per heavy atom. The van der Waals surface area contributed by atoms with Gasteiger partial charge in [-0.15, -0.1) is 0 Å². The summed E-state index contributed by atoms with van der Waals surface area (Å²) in [4.78, 5) is 0. The van der Waals surface area contributed by atoms with E-state index in [-0.39, 0.29) is 21.9 Å². The zero-order valence-corrected chi connectivity index (χ0v) is 4.69. The van der Waals surface area contributed by atoms with Crippen LogP contribution in [0.15, 0.2) is 0 Å². The molecule has 0 radical (unpaired) electrons. The monoisotopic (exact) mass is 184 g/mol. The van der Waals surface area contributed by atoms with Crippen LogP contribution in [0, 0.1) is 0 Å². The third-order valence-electron chi connectivity index (χ3n) is 0. The fraction of sp³-hybridized carbons (Fsp3) is 0. The van der Waals surface area contributed by atoms with Gasteiger partial charge in [0.2, 0.25) is 0 Å². The van der Waals surface area contributed by atoms with Crippen LogP contribution < -0.4 is 0 Å². The van der Waals surface area contributed by atoms with Crippen LogP contribution in [0.2, 0.25) is 0 Å². The Kier molecular flexibility index (Phi) is 143. The zero-order chi connectivity index (χ0) is 3.58. The Labute approximate surface area is 48.8 Å². The quantitative estimate of drug-likeness (QED) is 0.384. The molecular weight excluding hydrogens is 176 g/mol. The first kappa shape index (κ1) is 42.0. The molecule has 0 saturated carbocycles. The summed E-state index contributed by atoms with van der Waals surface area (Å²) in [5.41, 5.74) is 0. The van der Waals surface area contributed by atoms with E-state index in [4.69, 9.17) is 0 Å². The van der Waals surface area contributed by atoms with Crippen molar-refractivity contribution >= 4 is 0 Å². The van der Waals surface area contributed by atoms with E-state index in [0.717, 1.165) is 0 Å². The van der Waals surface area contributed by atoms with Gasteiger partial charge < -0.3 is 21.9 Å². The summed E-state index contributed by atoms with van der Waals surface area (Å²) in [7, 11) is 0. The molecule has 4 nitrogen and oxygen atoms in total. The molecule has 0 aliphatic rings. The Balaban J connectivity index is -0.00000000750. The summed E-state index contributed by atoms with van der Waals surface area (Å²) >= 11 is -4.40. The van der Waals surface area contributed by atoms with E-state index < -0.39 is 15.3 Å². The van der Waals surface area contributed by atoms with Gasteiger partial charge in [-0.3, -0.25) is 0 Å². The van der Waals surface area contributed by atoms with Gasteiger partial charge in [0.1, 0.15) is 0 Å². The van der Waals surface area contributed by atoms with Gasteiger partial charge in [-0.05, 0) is 0 Å². The summed E-state index contributed by atoms with van der Waals surface area (Å²) in [6.45, 7) is 0. The molecule has 0 saturated heterocycles. The van der Waals surface area contributed by atoms with E-state index in [9.17, 15) is 10.7 Å². The maximum atomic E-state index is 9.77. The molecule has 0 amide bonds. The normalized spacial score (nSPS) is 5.62. The fourth-order valence-electron chi connectivity index (χ4n) is 0. The van der Waals surface area contributed by atoms with E-state index in [2.05, 4.69) is 0 Å². The Morgan fingerprint density at radius 3 is 0.625 bits per heavy atom. The molecule has 0 bridgehead atoms. The van der Waals surface area contributed by atoms with Crippen molar-refractivity contribution < 1.29 is 47.8 Å². The van der Waals surface area contributed by atoms with Gasteiger partial charge in [-0.25, -0.2) is 0 Å². The zero-order valence-electron chi connectivity index (χ0n) is 3.51. The van der Waals surface area contributed by atoms with Gasteiger partial charge in [0, 0.05) is 0 Å². The second-order valence-electron chi connectivity index (χ2n) is 0.162. The minimum absolute atomic E-state index is 0. The fourth-order valence-corrected chi connectivity index (χ4v) is 0. The minimum atomic E-state index is -4.40. The third-order valence-corrected chi connectivity index (χ3v) is 0. The molecule has 0 fully saturated rings. The molecule has 8 heavy (non-hydrogen) atoms. The van der Waals surface area contributed by atoms with Gasteiger partial charge >= 0.3 is 25.9 Å². The van der Waals surface area contributed by atoms with Crippen LogP contribution in [-0.2, 0) is 15.3 Å². The van der Waals surface area contributed by atoms with Crippen LogP contribution in [0.4, 0.5) is 10.7 Å². The van der Waals surface area contributed by atoms with E-state index in [1.54, 1.807) is 0 Å². The molecule has 0 aliphatic carbocycles. The van der Waals surface area contributed by atoms with E-state index in [0.29, 0.717) is 0 Å². The average molecular weight is 184 g/mol. The maximum absolute atomic E-state index is 9.77. The average Bonchev–Trinajstić information content (AvgIpc) is 0.811. The van der Waals surface area contributed by atoms with Gasteiger partial charge in [-0.1, -0.05) is 0 Å². The van der Waals surface area contributed by atoms with Crippen molar-refractivity contribution in [2.45, 2.75) is 0 Å². The molecule has 0 atom stereocenters. The molecule has 0 unspecified atom stereocenters. The number of hydrogen-bond acceptors (Lipinski definition) is 0. The van der Waals surface area contributed by atoms with Crippen LogP contribution in [0.25, 0.3) is 0 Å². The van der Waals surface area contributed by atoms with Crippen molar-refractivity contribution in [3.8, 4) is 0 Å². The summed E-state index contributed by atoms with van der Waals surface area (Å²) in [5, 5.41) is 0. The number of hydrogen-bond donors (Lipinski definition) is 0. The number of halogens is 3. The van der Waals surface area contributed by atoms with Crippen molar-refractivity contribution in [1.82, 2.24) is 0 Å². The third kappa shape index (κ3) is 7300. The Hall–Kier alpha value is 0.149. The van der Waals surface area contributed by atoms with Crippen LogP contribution in [0.3, 0.4) is 0 Å². The SMILES string of the molecule is O.O.O.O.[F][Mn]([F])[F]. The van der Waals surface area contributed by atoms with E-state index >= 15 is 0 Å². The first-order chi connectivity index (χ1) is 1.73. The second-order valence-corrected chi connectivity index (χ2v) is 0.668. The molecular formula is H8F3MnO4.